The number of aryl methyl sites for hydroxylation is 2. The summed E-state index contributed by atoms with van der Waals surface area (Å²) in [6.07, 6.45) is 3.34. The van der Waals surface area contributed by atoms with Crippen molar-refractivity contribution in [3.63, 3.8) is 0 Å². The molecule has 1 heteroatoms. The normalized spacial score (nSPS) is 10.3. The Labute approximate surface area is 102 Å². The van der Waals surface area contributed by atoms with Gasteiger partial charge in [-0.2, -0.15) is 0 Å². The van der Waals surface area contributed by atoms with E-state index in [0.29, 0.717) is 0 Å². The second-order valence-corrected chi connectivity index (χ2v) is 4.30. The highest BCUT2D eigenvalue weighted by atomic mass is 35.5. The molecule has 0 aromatic heterocycles. The third kappa shape index (κ3) is 3.39. The molecule has 0 atom stereocenters. The summed E-state index contributed by atoms with van der Waals surface area (Å²) in [5, 5.41) is 0.806. The first-order valence-corrected chi connectivity index (χ1v) is 5.92. The Balaban J connectivity index is 1.82. The molecular weight excluding hydrogens is 216 g/mol. The Morgan fingerprint density at radius 2 is 1.75 bits per heavy atom. The summed E-state index contributed by atoms with van der Waals surface area (Å²) in [6, 6.07) is 19.5. The van der Waals surface area contributed by atoms with E-state index in [2.05, 4.69) is 30.3 Å². The molecule has 0 saturated heterocycles. The molecule has 81 valence electrons. The molecule has 16 heavy (non-hydrogen) atoms. The highest BCUT2D eigenvalue weighted by molar-refractivity contribution is 6.30. The molecule has 0 N–H and O–H groups in total. The Morgan fingerprint density at radius 1 is 0.938 bits per heavy atom. The van der Waals surface area contributed by atoms with Crippen LogP contribution in [0.4, 0.5) is 0 Å². The maximum absolute atomic E-state index is 5.84. The lowest BCUT2D eigenvalue weighted by atomic mass is 10.0. The molecule has 0 fully saturated rings. The van der Waals surface area contributed by atoms with Gasteiger partial charge in [-0.15, -0.1) is 0 Å². The Morgan fingerprint density at radius 3 is 2.44 bits per heavy atom. The average molecular weight is 230 g/mol. The lowest BCUT2D eigenvalue weighted by molar-refractivity contribution is 0.820. The van der Waals surface area contributed by atoms with Crippen LogP contribution in [0.1, 0.15) is 17.5 Å². The molecular formula is C15H14Cl. The molecule has 2 aromatic rings. The van der Waals surface area contributed by atoms with Crippen molar-refractivity contribution in [3.05, 3.63) is 70.7 Å². The van der Waals surface area contributed by atoms with Crippen molar-refractivity contribution in [2.24, 2.45) is 0 Å². The highest BCUT2D eigenvalue weighted by Crippen LogP contribution is 2.12. The van der Waals surface area contributed by atoms with Gasteiger partial charge in [-0.1, -0.05) is 48.0 Å². The van der Waals surface area contributed by atoms with Crippen LogP contribution >= 0.6 is 11.6 Å². The van der Waals surface area contributed by atoms with Crippen molar-refractivity contribution in [2.45, 2.75) is 19.3 Å². The molecule has 0 aliphatic carbocycles. The third-order valence-corrected chi connectivity index (χ3v) is 2.85. The summed E-state index contributed by atoms with van der Waals surface area (Å²) >= 11 is 5.84. The summed E-state index contributed by atoms with van der Waals surface area (Å²) in [4.78, 5) is 0. The molecule has 0 spiro atoms. The van der Waals surface area contributed by atoms with Crippen LogP contribution in [-0.4, -0.2) is 0 Å². The Hall–Kier alpha value is -1.27. The van der Waals surface area contributed by atoms with Crippen molar-refractivity contribution in [1.29, 1.82) is 0 Å². The zero-order valence-electron chi connectivity index (χ0n) is 9.12. The van der Waals surface area contributed by atoms with E-state index >= 15 is 0 Å². The van der Waals surface area contributed by atoms with Gasteiger partial charge >= 0.3 is 0 Å². The fourth-order valence-electron chi connectivity index (χ4n) is 1.72. The van der Waals surface area contributed by atoms with Gasteiger partial charge in [0.1, 0.15) is 0 Å². The van der Waals surface area contributed by atoms with Gasteiger partial charge < -0.3 is 0 Å². The van der Waals surface area contributed by atoms with Crippen molar-refractivity contribution >= 4 is 11.6 Å². The van der Waals surface area contributed by atoms with Crippen molar-refractivity contribution < 1.29 is 0 Å². The van der Waals surface area contributed by atoms with Crippen LogP contribution in [0.2, 0.25) is 5.02 Å². The summed E-state index contributed by atoms with van der Waals surface area (Å²) in [7, 11) is 0. The zero-order chi connectivity index (χ0) is 11.2. The largest absolute Gasteiger partial charge is 0.0843 e. The number of hydrogen-bond donors (Lipinski definition) is 0. The molecule has 0 amide bonds. The zero-order valence-corrected chi connectivity index (χ0v) is 9.87. The Kier molecular flexibility index (Phi) is 4.01. The average Bonchev–Trinajstić information content (AvgIpc) is 2.33. The van der Waals surface area contributed by atoms with Gasteiger partial charge in [0.15, 0.2) is 0 Å². The van der Waals surface area contributed by atoms with Crippen LogP contribution < -0.4 is 0 Å². The second-order valence-electron chi connectivity index (χ2n) is 3.87. The monoisotopic (exact) mass is 229 g/mol. The van der Waals surface area contributed by atoms with E-state index in [1.807, 2.05) is 24.3 Å². The molecule has 2 aromatic carbocycles. The maximum Gasteiger partial charge on any atom is 0.0406 e. The van der Waals surface area contributed by atoms with E-state index in [9.17, 15) is 0 Å². The minimum atomic E-state index is 0.806. The van der Waals surface area contributed by atoms with Gasteiger partial charge in [-0.3, -0.25) is 0 Å². The van der Waals surface area contributed by atoms with Crippen molar-refractivity contribution in [3.8, 4) is 0 Å². The first-order chi connectivity index (χ1) is 7.84. The summed E-state index contributed by atoms with van der Waals surface area (Å²) < 4.78 is 0. The summed E-state index contributed by atoms with van der Waals surface area (Å²) in [5.41, 5.74) is 2.64. The molecule has 1 radical (unpaired) electrons. The smallest absolute Gasteiger partial charge is 0.0406 e. The first-order valence-electron chi connectivity index (χ1n) is 5.54. The Bertz CT molecular complexity index is 417. The minimum Gasteiger partial charge on any atom is -0.0843 e. The summed E-state index contributed by atoms with van der Waals surface area (Å²) in [5.74, 6) is 0. The van der Waals surface area contributed by atoms with E-state index in [1.54, 1.807) is 0 Å². The minimum absolute atomic E-state index is 0.806. The standard InChI is InChI=1S/C15H14Cl/c16-15-11-9-14(10-12-15)8-4-7-13-5-2-1-3-6-13/h1-3,5,9-12H,4,7-8H2. The number of hydrogen-bond acceptors (Lipinski definition) is 0. The molecule has 0 saturated carbocycles. The van der Waals surface area contributed by atoms with Gasteiger partial charge in [0.2, 0.25) is 0 Å². The van der Waals surface area contributed by atoms with E-state index < -0.39 is 0 Å². The van der Waals surface area contributed by atoms with E-state index in [0.717, 1.165) is 24.3 Å². The van der Waals surface area contributed by atoms with Gasteiger partial charge in [0, 0.05) is 5.02 Å². The number of benzene rings is 2. The first kappa shape index (κ1) is 11.2. The lowest BCUT2D eigenvalue weighted by Crippen LogP contribution is -1.89. The van der Waals surface area contributed by atoms with Crippen LogP contribution in [0.3, 0.4) is 0 Å². The van der Waals surface area contributed by atoms with Gasteiger partial charge in [-0.25, -0.2) is 0 Å². The predicted octanol–water partition coefficient (Wildman–Crippen LogP) is 4.32. The topological polar surface area (TPSA) is 0 Å². The molecule has 0 bridgehead atoms. The molecule has 0 unspecified atom stereocenters. The molecule has 2 rings (SSSR count). The molecule has 0 aliphatic rings. The van der Waals surface area contributed by atoms with Crippen molar-refractivity contribution in [2.75, 3.05) is 0 Å². The fourth-order valence-corrected chi connectivity index (χ4v) is 1.85. The fraction of sp³-hybridized carbons (Fsp3) is 0.200. The second kappa shape index (κ2) is 5.72. The van der Waals surface area contributed by atoms with Gasteiger partial charge in [0.25, 0.3) is 0 Å². The SMILES string of the molecule is Clc1ccc(CCCc2[c]cccc2)cc1. The van der Waals surface area contributed by atoms with Crippen LogP contribution in [0.15, 0.2) is 48.5 Å². The molecule has 0 heterocycles. The van der Waals surface area contributed by atoms with Crippen LogP contribution in [0.5, 0.6) is 0 Å². The van der Waals surface area contributed by atoms with E-state index in [1.165, 1.54) is 11.1 Å². The lowest BCUT2D eigenvalue weighted by Gasteiger charge is -2.02. The van der Waals surface area contributed by atoms with Crippen LogP contribution in [0.25, 0.3) is 0 Å². The van der Waals surface area contributed by atoms with Gasteiger partial charge in [-0.05, 0) is 48.6 Å². The van der Waals surface area contributed by atoms with Crippen LogP contribution in [-0.2, 0) is 12.8 Å². The third-order valence-electron chi connectivity index (χ3n) is 2.60. The number of rotatable bonds is 4. The van der Waals surface area contributed by atoms with Crippen LogP contribution in [0, 0.1) is 6.07 Å². The van der Waals surface area contributed by atoms with Crippen molar-refractivity contribution in [1.82, 2.24) is 0 Å². The van der Waals surface area contributed by atoms with Gasteiger partial charge in [0.05, 0.1) is 0 Å². The number of halogens is 1. The quantitative estimate of drug-likeness (QED) is 0.733. The van der Waals surface area contributed by atoms with E-state index in [4.69, 9.17) is 11.6 Å². The molecule has 0 aliphatic heterocycles. The predicted molar refractivity (Wildman–Crippen MR) is 68.8 cm³/mol. The maximum atomic E-state index is 5.84. The summed E-state index contributed by atoms with van der Waals surface area (Å²) in [6.45, 7) is 0. The van der Waals surface area contributed by atoms with E-state index in [-0.39, 0.29) is 0 Å². The highest BCUT2D eigenvalue weighted by Gasteiger charge is 1.95. The molecule has 0 nitrogen and oxygen atoms in total.